The number of aromatic nitrogens is 2. The summed E-state index contributed by atoms with van der Waals surface area (Å²) in [4.78, 5) is 14.4. The highest BCUT2D eigenvalue weighted by Gasteiger charge is 2.24. The number of rotatable bonds is 4. The lowest BCUT2D eigenvalue weighted by Crippen LogP contribution is -2.40. The second kappa shape index (κ2) is 6.83. The van der Waals surface area contributed by atoms with E-state index in [1.54, 1.807) is 17.9 Å². The molecule has 23 heavy (non-hydrogen) atoms. The van der Waals surface area contributed by atoms with Gasteiger partial charge < -0.3 is 15.4 Å². The van der Waals surface area contributed by atoms with E-state index in [4.69, 9.17) is 10.5 Å². The number of nitrogens with two attached hydrogens (primary N) is 1. The molecule has 2 N–H and O–H groups in total. The Hall–Kier alpha value is -2.34. The smallest absolute Gasteiger partial charge is 0.274 e. The van der Waals surface area contributed by atoms with Gasteiger partial charge in [-0.2, -0.15) is 5.10 Å². The number of ether oxygens (including phenoxy) is 1. The van der Waals surface area contributed by atoms with Crippen LogP contribution < -0.4 is 10.5 Å². The van der Waals surface area contributed by atoms with Gasteiger partial charge in [-0.15, -0.1) is 0 Å². The number of hydrogen-bond donors (Lipinski definition) is 1. The zero-order chi connectivity index (χ0) is 16.2. The summed E-state index contributed by atoms with van der Waals surface area (Å²) in [6, 6.07) is 9.33. The Kier molecular flexibility index (Phi) is 4.62. The zero-order valence-corrected chi connectivity index (χ0v) is 13.3. The maximum Gasteiger partial charge on any atom is 0.274 e. The summed E-state index contributed by atoms with van der Waals surface area (Å²) in [5.74, 6) is 1.32. The Morgan fingerprint density at radius 1 is 1.26 bits per heavy atom. The lowest BCUT2D eigenvalue weighted by molar-refractivity contribution is 0.0687. The molecule has 2 aromatic rings. The quantitative estimate of drug-likeness (QED) is 0.932. The molecule has 1 saturated heterocycles. The van der Waals surface area contributed by atoms with Crippen molar-refractivity contribution in [1.82, 2.24) is 14.7 Å². The van der Waals surface area contributed by atoms with Crippen LogP contribution in [-0.4, -0.2) is 47.3 Å². The van der Waals surface area contributed by atoms with E-state index in [9.17, 15) is 4.79 Å². The van der Waals surface area contributed by atoms with Crippen LogP contribution in [0.25, 0.3) is 5.69 Å². The Labute approximate surface area is 135 Å². The summed E-state index contributed by atoms with van der Waals surface area (Å²) in [6.45, 7) is 2.22. The highest BCUT2D eigenvalue weighted by atomic mass is 16.5. The number of methoxy groups -OCH3 is 1. The molecule has 122 valence electrons. The molecule has 0 unspecified atom stereocenters. The van der Waals surface area contributed by atoms with Gasteiger partial charge in [-0.05, 0) is 55.6 Å². The third kappa shape index (κ3) is 3.37. The van der Waals surface area contributed by atoms with Crippen LogP contribution in [0.4, 0.5) is 0 Å². The molecular formula is C17H22N4O2. The largest absolute Gasteiger partial charge is 0.497 e. The minimum Gasteiger partial charge on any atom is -0.497 e. The minimum absolute atomic E-state index is 0.00673. The van der Waals surface area contributed by atoms with E-state index in [0.29, 0.717) is 18.2 Å². The van der Waals surface area contributed by atoms with Gasteiger partial charge in [0.2, 0.25) is 0 Å². The van der Waals surface area contributed by atoms with Crippen molar-refractivity contribution < 1.29 is 9.53 Å². The van der Waals surface area contributed by atoms with Crippen LogP contribution in [0.2, 0.25) is 0 Å². The molecule has 0 radical (unpaired) electrons. The number of hydrogen-bond acceptors (Lipinski definition) is 4. The zero-order valence-electron chi connectivity index (χ0n) is 13.3. The van der Waals surface area contributed by atoms with Gasteiger partial charge in [0.1, 0.15) is 5.75 Å². The topological polar surface area (TPSA) is 73.4 Å². The molecular weight excluding hydrogens is 292 g/mol. The van der Waals surface area contributed by atoms with Crippen LogP contribution >= 0.6 is 0 Å². The highest BCUT2D eigenvalue weighted by Crippen LogP contribution is 2.18. The summed E-state index contributed by atoms with van der Waals surface area (Å²) < 4.78 is 6.85. The van der Waals surface area contributed by atoms with Crippen LogP contribution in [0.5, 0.6) is 5.75 Å². The third-order valence-corrected chi connectivity index (χ3v) is 4.38. The molecule has 0 atom stereocenters. The first-order valence-corrected chi connectivity index (χ1v) is 7.90. The van der Waals surface area contributed by atoms with Crippen molar-refractivity contribution in [3.8, 4) is 11.4 Å². The van der Waals surface area contributed by atoms with Crippen molar-refractivity contribution in [2.24, 2.45) is 11.7 Å². The average molecular weight is 314 g/mol. The van der Waals surface area contributed by atoms with Crippen molar-refractivity contribution in [3.63, 3.8) is 0 Å². The summed E-state index contributed by atoms with van der Waals surface area (Å²) in [7, 11) is 1.63. The first-order valence-electron chi connectivity index (χ1n) is 7.90. The number of benzene rings is 1. The van der Waals surface area contributed by atoms with E-state index < -0.39 is 0 Å². The van der Waals surface area contributed by atoms with E-state index >= 15 is 0 Å². The van der Waals surface area contributed by atoms with E-state index in [1.807, 2.05) is 35.4 Å². The van der Waals surface area contributed by atoms with Gasteiger partial charge in [0.25, 0.3) is 5.91 Å². The molecule has 0 saturated carbocycles. The van der Waals surface area contributed by atoms with Crippen molar-refractivity contribution in [2.75, 3.05) is 26.7 Å². The van der Waals surface area contributed by atoms with E-state index in [0.717, 1.165) is 37.4 Å². The number of piperidine rings is 1. The predicted molar refractivity (Wildman–Crippen MR) is 87.8 cm³/mol. The maximum atomic E-state index is 12.5. The standard InChI is InChI=1S/C17H22N4O2/c1-23-15-4-2-14(3-5-15)21-11-8-16(19-21)17(22)20-9-6-13(12-18)7-10-20/h2-5,8,11,13H,6-7,9-10,12,18H2,1H3. The number of carbonyl (C=O) groups excluding carboxylic acids is 1. The van der Waals surface area contributed by atoms with Gasteiger partial charge in [0.15, 0.2) is 5.69 Å². The molecule has 2 heterocycles. The second-order valence-corrected chi connectivity index (χ2v) is 5.81. The molecule has 1 aromatic heterocycles. The normalized spacial score (nSPS) is 15.7. The van der Waals surface area contributed by atoms with Gasteiger partial charge in [0, 0.05) is 19.3 Å². The summed E-state index contributed by atoms with van der Waals surface area (Å²) in [6.07, 6.45) is 3.75. The summed E-state index contributed by atoms with van der Waals surface area (Å²) in [5.41, 5.74) is 7.07. The molecule has 0 spiro atoms. The Bertz CT molecular complexity index is 657. The fourth-order valence-electron chi connectivity index (χ4n) is 2.85. The van der Waals surface area contributed by atoms with E-state index in [2.05, 4.69) is 5.10 Å². The Morgan fingerprint density at radius 3 is 2.57 bits per heavy atom. The van der Waals surface area contributed by atoms with Gasteiger partial charge in [0.05, 0.1) is 12.8 Å². The Morgan fingerprint density at radius 2 is 1.96 bits per heavy atom. The fraction of sp³-hybridized carbons (Fsp3) is 0.412. The van der Waals surface area contributed by atoms with Crippen LogP contribution in [-0.2, 0) is 0 Å². The van der Waals surface area contributed by atoms with Crippen LogP contribution in [0, 0.1) is 5.92 Å². The minimum atomic E-state index is -0.00673. The molecule has 6 heteroatoms. The molecule has 1 amide bonds. The molecule has 1 aliphatic heterocycles. The second-order valence-electron chi connectivity index (χ2n) is 5.81. The molecule has 1 fully saturated rings. The number of likely N-dealkylation sites (tertiary alicyclic amines) is 1. The molecule has 6 nitrogen and oxygen atoms in total. The summed E-state index contributed by atoms with van der Waals surface area (Å²) >= 11 is 0. The highest BCUT2D eigenvalue weighted by molar-refractivity contribution is 5.92. The summed E-state index contributed by atoms with van der Waals surface area (Å²) in [5, 5.41) is 4.41. The maximum absolute atomic E-state index is 12.5. The third-order valence-electron chi connectivity index (χ3n) is 4.38. The average Bonchev–Trinajstić information content (AvgIpc) is 3.11. The first kappa shape index (κ1) is 15.6. The number of nitrogens with zero attached hydrogens (tertiary/aromatic N) is 3. The molecule has 1 aromatic carbocycles. The van der Waals surface area contributed by atoms with Gasteiger partial charge in [-0.25, -0.2) is 4.68 Å². The van der Waals surface area contributed by atoms with Crippen molar-refractivity contribution in [2.45, 2.75) is 12.8 Å². The van der Waals surface area contributed by atoms with Crippen molar-refractivity contribution in [1.29, 1.82) is 0 Å². The molecule has 3 rings (SSSR count). The first-order chi connectivity index (χ1) is 11.2. The van der Waals surface area contributed by atoms with E-state index in [1.165, 1.54) is 0 Å². The van der Waals surface area contributed by atoms with E-state index in [-0.39, 0.29) is 5.91 Å². The number of amides is 1. The van der Waals surface area contributed by atoms with Crippen LogP contribution in [0.15, 0.2) is 36.5 Å². The molecule has 1 aliphatic rings. The van der Waals surface area contributed by atoms with Gasteiger partial charge in [-0.3, -0.25) is 4.79 Å². The fourth-order valence-corrected chi connectivity index (χ4v) is 2.85. The van der Waals surface area contributed by atoms with Crippen LogP contribution in [0.3, 0.4) is 0 Å². The SMILES string of the molecule is COc1ccc(-n2ccc(C(=O)N3CCC(CN)CC3)n2)cc1. The van der Waals surface area contributed by atoms with Gasteiger partial charge in [-0.1, -0.05) is 0 Å². The monoisotopic (exact) mass is 314 g/mol. The molecule has 0 bridgehead atoms. The van der Waals surface area contributed by atoms with Gasteiger partial charge >= 0.3 is 0 Å². The van der Waals surface area contributed by atoms with Crippen molar-refractivity contribution in [3.05, 3.63) is 42.2 Å². The molecule has 0 aliphatic carbocycles. The van der Waals surface area contributed by atoms with Crippen LogP contribution in [0.1, 0.15) is 23.3 Å². The Balaban J connectivity index is 1.69. The van der Waals surface area contributed by atoms with Crippen molar-refractivity contribution >= 4 is 5.91 Å². The predicted octanol–water partition coefficient (Wildman–Crippen LogP) is 1.69. The lowest BCUT2D eigenvalue weighted by Gasteiger charge is -2.30. The number of carbonyl (C=O) groups is 1. The lowest BCUT2D eigenvalue weighted by atomic mass is 9.97.